The van der Waals surface area contributed by atoms with Gasteiger partial charge in [-0.15, -0.1) is 10.2 Å². The number of aromatic nitrogens is 2. The molecule has 0 saturated carbocycles. The SMILES string of the molecule is Cc1cc(C(=O)Nc2nnc(SCc3ccc(C#N)cc3)s2)cc(S(=O)(=O)N(C)C)c1C. The van der Waals surface area contributed by atoms with Crippen LogP contribution in [0, 0.1) is 25.2 Å². The first-order chi connectivity index (χ1) is 15.1. The summed E-state index contributed by atoms with van der Waals surface area (Å²) in [5.74, 6) is 0.195. The van der Waals surface area contributed by atoms with Gasteiger partial charge in [-0.1, -0.05) is 35.2 Å². The number of carbonyl (C=O) groups excluding carboxylic acids is 1. The number of nitrogens with one attached hydrogen (secondary N) is 1. The molecule has 0 atom stereocenters. The molecule has 0 aliphatic rings. The Morgan fingerprint density at radius 3 is 2.50 bits per heavy atom. The molecule has 3 rings (SSSR count). The molecule has 1 heterocycles. The van der Waals surface area contributed by atoms with Gasteiger partial charge in [0.1, 0.15) is 0 Å². The van der Waals surface area contributed by atoms with Crippen LogP contribution in [0.1, 0.15) is 32.6 Å². The van der Waals surface area contributed by atoms with Crippen molar-refractivity contribution in [3.8, 4) is 6.07 Å². The van der Waals surface area contributed by atoms with E-state index in [9.17, 15) is 13.2 Å². The standard InChI is InChI=1S/C21H21N5O3S3/c1-13-9-17(10-18(14(13)2)32(28,29)26(3)4)19(27)23-20-24-25-21(31-20)30-12-16-7-5-15(11-22)6-8-16/h5-10H,12H2,1-4H3,(H,23,24,27). The molecule has 32 heavy (non-hydrogen) atoms. The molecule has 166 valence electrons. The quantitative estimate of drug-likeness (QED) is 0.398. The van der Waals surface area contributed by atoms with Crippen LogP contribution in [0.5, 0.6) is 0 Å². The zero-order chi connectivity index (χ0) is 23.5. The van der Waals surface area contributed by atoms with E-state index in [1.165, 1.54) is 43.3 Å². The summed E-state index contributed by atoms with van der Waals surface area (Å²) in [6, 6.07) is 12.4. The van der Waals surface area contributed by atoms with E-state index in [1.807, 2.05) is 12.1 Å². The Kier molecular flexibility index (Phi) is 7.30. The third-order valence-electron chi connectivity index (χ3n) is 4.71. The molecule has 0 bridgehead atoms. The van der Waals surface area contributed by atoms with Crippen LogP contribution in [0.2, 0.25) is 0 Å². The first-order valence-corrected chi connectivity index (χ1v) is 12.7. The Morgan fingerprint density at radius 2 is 1.88 bits per heavy atom. The molecule has 0 unspecified atom stereocenters. The van der Waals surface area contributed by atoms with Crippen LogP contribution < -0.4 is 5.32 Å². The van der Waals surface area contributed by atoms with Crippen LogP contribution in [-0.2, 0) is 15.8 Å². The number of thioether (sulfide) groups is 1. The van der Waals surface area contributed by atoms with Gasteiger partial charge < -0.3 is 0 Å². The Balaban J connectivity index is 1.72. The molecule has 2 aromatic carbocycles. The third-order valence-corrected chi connectivity index (χ3v) is 8.70. The van der Waals surface area contributed by atoms with Crippen LogP contribution >= 0.6 is 23.1 Å². The third kappa shape index (κ3) is 5.34. The fourth-order valence-corrected chi connectivity index (χ4v) is 5.65. The second-order valence-electron chi connectivity index (χ2n) is 7.13. The second-order valence-corrected chi connectivity index (χ2v) is 11.4. The van der Waals surface area contributed by atoms with Crippen molar-refractivity contribution in [1.29, 1.82) is 5.26 Å². The van der Waals surface area contributed by atoms with E-state index >= 15 is 0 Å². The lowest BCUT2D eigenvalue weighted by Crippen LogP contribution is -2.24. The zero-order valence-corrected chi connectivity index (χ0v) is 20.4. The number of nitrogens with zero attached hydrogens (tertiary/aromatic N) is 4. The molecule has 0 aliphatic heterocycles. The van der Waals surface area contributed by atoms with Crippen molar-refractivity contribution < 1.29 is 13.2 Å². The maximum atomic E-state index is 12.8. The molecule has 1 amide bonds. The van der Waals surface area contributed by atoms with Gasteiger partial charge in [-0.3, -0.25) is 10.1 Å². The Hall–Kier alpha value is -2.78. The minimum Gasteiger partial charge on any atom is -0.296 e. The van der Waals surface area contributed by atoms with E-state index in [2.05, 4.69) is 21.6 Å². The number of nitriles is 1. The summed E-state index contributed by atoms with van der Waals surface area (Å²) in [5, 5.41) is 20.0. The molecule has 0 radical (unpaired) electrons. The highest BCUT2D eigenvalue weighted by molar-refractivity contribution is 8.00. The number of anilines is 1. The Morgan fingerprint density at radius 1 is 1.19 bits per heavy atom. The first-order valence-electron chi connectivity index (χ1n) is 9.42. The van der Waals surface area contributed by atoms with E-state index in [4.69, 9.17) is 5.26 Å². The molecular formula is C21H21N5O3S3. The summed E-state index contributed by atoms with van der Waals surface area (Å²) in [4.78, 5) is 12.9. The molecular weight excluding hydrogens is 466 g/mol. The highest BCUT2D eigenvalue weighted by atomic mass is 32.2. The predicted octanol–water partition coefficient (Wildman–Crippen LogP) is 3.82. The van der Waals surface area contributed by atoms with Crippen LogP contribution in [-0.4, -0.2) is 42.9 Å². The van der Waals surface area contributed by atoms with Crippen molar-refractivity contribution in [3.05, 3.63) is 64.2 Å². The van der Waals surface area contributed by atoms with Crippen molar-refractivity contribution in [2.24, 2.45) is 0 Å². The average molecular weight is 488 g/mol. The maximum absolute atomic E-state index is 12.8. The van der Waals surface area contributed by atoms with Gasteiger partial charge in [-0.2, -0.15) is 5.26 Å². The number of rotatable bonds is 7. The maximum Gasteiger partial charge on any atom is 0.257 e. The summed E-state index contributed by atoms with van der Waals surface area (Å²) in [5.41, 5.74) is 3.18. The summed E-state index contributed by atoms with van der Waals surface area (Å²) >= 11 is 2.70. The lowest BCUT2D eigenvalue weighted by molar-refractivity contribution is 0.102. The molecule has 11 heteroatoms. The molecule has 0 saturated heterocycles. The van der Waals surface area contributed by atoms with Crippen LogP contribution in [0.3, 0.4) is 0 Å². The van der Waals surface area contributed by atoms with Crippen molar-refractivity contribution in [2.45, 2.75) is 28.8 Å². The van der Waals surface area contributed by atoms with E-state index < -0.39 is 15.9 Å². The molecule has 0 aliphatic carbocycles. The number of aryl methyl sites for hydroxylation is 1. The van der Waals surface area contributed by atoms with E-state index in [-0.39, 0.29) is 10.5 Å². The normalized spacial score (nSPS) is 11.4. The molecule has 1 N–H and O–H groups in total. The van der Waals surface area contributed by atoms with Crippen molar-refractivity contribution in [2.75, 3.05) is 19.4 Å². The van der Waals surface area contributed by atoms with Crippen molar-refractivity contribution in [1.82, 2.24) is 14.5 Å². The monoisotopic (exact) mass is 487 g/mol. The number of hydrogen-bond donors (Lipinski definition) is 1. The van der Waals surface area contributed by atoms with Gasteiger partial charge in [0, 0.05) is 25.4 Å². The highest BCUT2D eigenvalue weighted by Gasteiger charge is 2.23. The van der Waals surface area contributed by atoms with Gasteiger partial charge in [0.05, 0.1) is 16.5 Å². The topological polar surface area (TPSA) is 116 Å². The summed E-state index contributed by atoms with van der Waals surface area (Å²) in [6.45, 7) is 3.49. The molecule has 8 nitrogen and oxygen atoms in total. The first kappa shape index (κ1) is 23.9. The van der Waals surface area contributed by atoms with Crippen LogP contribution in [0.15, 0.2) is 45.6 Å². The van der Waals surface area contributed by atoms with Gasteiger partial charge in [0.15, 0.2) is 4.34 Å². The Bertz CT molecular complexity index is 1290. The fourth-order valence-electron chi connectivity index (χ4n) is 2.73. The minimum absolute atomic E-state index is 0.101. The lowest BCUT2D eigenvalue weighted by atomic mass is 10.1. The Labute approximate surface area is 195 Å². The van der Waals surface area contributed by atoms with Gasteiger partial charge in [0.2, 0.25) is 15.2 Å². The second kappa shape index (κ2) is 9.79. The number of amides is 1. The van der Waals surface area contributed by atoms with Gasteiger partial charge in [-0.05, 0) is 54.8 Å². The van der Waals surface area contributed by atoms with Gasteiger partial charge >= 0.3 is 0 Å². The highest BCUT2D eigenvalue weighted by Crippen LogP contribution is 2.29. The molecule has 3 aromatic rings. The number of hydrogen-bond acceptors (Lipinski definition) is 8. The largest absolute Gasteiger partial charge is 0.296 e. The fraction of sp³-hybridized carbons (Fsp3) is 0.238. The lowest BCUT2D eigenvalue weighted by Gasteiger charge is -2.16. The number of sulfonamides is 1. The van der Waals surface area contributed by atoms with Crippen LogP contribution in [0.25, 0.3) is 0 Å². The number of benzene rings is 2. The van der Waals surface area contributed by atoms with Crippen LogP contribution in [0.4, 0.5) is 5.13 Å². The number of carbonyl (C=O) groups is 1. The van der Waals surface area contributed by atoms with Crippen molar-refractivity contribution in [3.63, 3.8) is 0 Å². The molecule has 1 aromatic heterocycles. The molecule has 0 spiro atoms. The predicted molar refractivity (Wildman–Crippen MR) is 125 cm³/mol. The van der Waals surface area contributed by atoms with Crippen molar-refractivity contribution >= 4 is 44.2 Å². The van der Waals surface area contributed by atoms with Gasteiger partial charge in [0.25, 0.3) is 5.91 Å². The zero-order valence-electron chi connectivity index (χ0n) is 17.9. The average Bonchev–Trinajstić information content (AvgIpc) is 3.21. The minimum atomic E-state index is -3.69. The summed E-state index contributed by atoms with van der Waals surface area (Å²) < 4.78 is 27.0. The molecule has 0 fully saturated rings. The summed E-state index contributed by atoms with van der Waals surface area (Å²) in [7, 11) is -0.779. The van der Waals surface area contributed by atoms with E-state index in [1.54, 1.807) is 32.0 Å². The van der Waals surface area contributed by atoms with E-state index in [0.29, 0.717) is 31.9 Å². The summed E-state index contributed by atoms with van der Waals surface area (Å²) in [6.07, 6.45) is 0. The van der Waals surface area contributed by atoms with E-state index in [0.717, 1.165) is 9.87 Å². The smallest absolute Gasteiger partial charge is 0.257 e. The van der Waals surface area contributed by atoms with Gasteiger partial charge in [-0.25, -0.2) is 12.7 Å².